The van der Waals surface area contributed by atoms with Crippen molar-refractivity contribution in [3.05, 3.63) is 63.2 Å². The molecule has 0 saturated carbocycles. The molecule has 106 valence electrons. The third-order valence-electron chi connectivity index (χ3n) is 2.99. The lowest BCUT2D eigenvalue weighted by Crippen LogP contribution is -1.93. The molecular weight excluding hydrogens is 384 g/mol. The molecule has 0 aliphatic heterocycles. The summed E-state index contributed by atoms with van der Waals surface area (Å²) in [6.45, 7) is 0. The first-order chi connectivity index (χ1) is 10.1. The molecule has 21 heavy (non-hydrogen) atoms. The average Bonchev–Trinajstić information content (AvgIpc) is 2.92. The van der Waals surface area contributed by atoms with Crippen LogP contribution in [0.3, 0.4) is 0 Å². The highest BCUT2D eigenvalue weighted by atomic mass is 127. The zero-order valence-electron chi connectivity index (χ0n) is 10.9. The first kappa shape index (κ1) is 14.0. The van der Waals surface area contributed by atoms with E-state index in [4.69, 9.17) is 10.3 Å². The Morgan fingerprint density at radius 1 is 1.14 bits per heavy atom. The van der Waals surface area contributed by atoms with Crippen LogP contribution in [-0.2, 0) is 6.42 Å². The number of hydrogen-bond acceptors (Lipinski definition) is 4. The zero-order chi connectivity index (χ0) is 14.8. The Labute approximate surface area is 134 Å². The molecule has 0 spiro atoms. The molecule has 1 heterocycles. The number of nitrogen functional groups attached to an aromatic ring is 1. The van der Waals surface area contributed by atoms with E-state index in [0.29, 0.717) is 23.8 Å². The van der Waals surface area contributed by atoms with Gasteiger partial charge in [-0.2, -0.15) is 4.98 Å². The molecule has 0 saturated heterocycles. The molecule has 0 atom stereocenters. The summed E-state index contributed by atoms with van der Waals surface area (Å²) in [6, 6.07) is 11.8. The minimum atomic E-state index is -0.265. The van der Waals surface area contributed by atoms with E-state index in [1.54, 1.807) is 18.2 Å². The van der Waals surface area contributed by atoms with Gasteiger partial charge in [0.1, 0.15) is 5.82 Å². The lowest BCUT2D eigenvalue weighted by atomic mass is 10.1. The Balaban J connectivity index is 1.86. The van der Waals surface area contributed by atoms with E-state index in [-0.39, 0.29) is 5.82 Å². The first-order valence-corrected chi connectivity index (χ1v) is 7.32. The number of benzene rings is 2. The number of nitrogens with zero attached hydrogens (tertiary/aromatic N) is 2. The number of halogens is 2. The Hall–Kier alpha value is -1.96. The van der Waals surface area contributed by atoms with Crippen molar-refractivity contribution in [2.75, 3.05) is 5.73 Å². The van der Waals surface area contributed by atoms with Crippen LogP contribution in [0.15, 0.2) is 47.0 Å². The highest BCUT2D eigenvalue weighted by molar-refractivity contribution is 14.1. The van der Waals surface area contributed by atoms with Crippen LogP contribution >= 0.6 is 22.6 Å². The van der Waals surface area contributed by atoms with Gasteiger partial charge in [0.25, 0.3) is 5.89 Å². The van der Waals surface area contributed by atoms with Gasteiger partial charge in [-0.25, -0.2) is 4.39 Å². The summed E-state index contributed by atoms with van der Waals surface area (Å²) in [5.41, 5.74) is 8.16. The van der Waals surface area contributed by atoms with Crippen molar-refractivity contribution in [1.82, 2.24) is 10.1 Å². The van der Waals surface area contributed by atoms with Crippen LogP contribution < -0.4 is 5.73 Å². The fourth-order valence-corrected chi connectivity index (χ4v) is 2.42. The van der Waals surface area contributed by atoms with Crippen LogP contribution in [0, 0.1) is 9.39 Å². The molecule has 2 aromatic carbocycles. The monoisotopic (exact) mass is 395 g/mol. The fraction of sp³-hybridized carbons (Fsp3) is 0.0667. The summed E-state index contributed by atoms with van der Waals surface area (Å²) < 4.78 is 19.2. The Kier molecular flexibility index (Phi) is 3.87. The predicted octanol–water partition coefficient (Wildman–Crippen LogP) is 3.65. The molecule has 6 heteroatoms. The molecular formula is C15H11FIN3O. The lowest BCUT2D eigenvalue weighted by molar-refractivity contribution is 0.424. The Bertz CT molecular complexity index is 771. The molecule has 0 aliphatic carbocycles. The molecule has 0 bridgehead atoms. The third kappa shape index (κ3) is 3.21. The summed E-state index contributed by atoms with van der Waals surface area (Å²) in [5.74, 6) is 0.664. The molecule has 1 aromatic heterocycles. The lowest BCUT2D eigenvalue weighted by Gasteiger charge is -2.00. The molecule has 3 aromatic rings. The highest BCUT2D eigenvalue weighted by Crippen LogP contribution is 2.26. The summed E-state index contributed by atoms with van der Waals surface area (Å²) in [4.78, 5) is 4.35. The van der Waals surface area contributed by atoms with Gasteiger partial charge in [-0.05, 0) is 58.5 Å². The van der Waals surface area contributed by atoms with Crippen LogP contribution in [0.2, 0.25) is 0 Å². The maximum Gasteiger partial charge on any atom is 0.260 e. The SMILES string of the molecule is Nc1ccc(I)cc1-c1nc(Cc2ccc(F)cc2)no1. The van der Waals surface area contributed by atoms with Crippen LogP contribution in [0.5, 0.6) is 0 Å². The van der Waals surface area contributed by atoms with Gasteiger partial charge in [-0.1, -0.05) is 17.3 Å². The molecule has 4 nitrogen and oxygen atoms in total. The standard InChI is InChI=1S/C15H11FIN3O/c16-10-3-1-9(2-4-10)7-14-19-15(21-20-14)12-8-11(17)5-6-13(12)18/h1-6,8H,7,18H2. The van der Waals surface area contributed by atoms with Gasteiger partial charge < -0.3 is 10.3 Å². The van der Waals surface area contributed by atoms with Crippen molar-refractivity contribution in [1.29, 1.82) is 0 Å². The van der Waals surface area contributed by atoms with Crippen LogP contribution in [0.1, 0.15) is 11.4 Å². The summed E-state index contributed by atoms with van der Waals surface area (Å²) in [7, 11) is 0. The second-order valence-electron chi connectivity index (χ2n) is 4.55. The maximum atomic E-state index is 12.9. The normalized spacial score (nSPS) is 10.8. The van der Waals surface area contributed by atoms with Gasteiger partial charge in [-0.3, -0.25) is 0 Å². The molecule has 0 radical (unpaired) electrons. The van der Waals surface area contributed by atoms with E-state index in [2.05, 4.69) is 32.7 Å². The van der Waals surface area contributed by atoms with Crippen molar-refractivity contribution in [2.45, 2.75) is 6.42 Å². The zero-order valence-corrected chi connectivity index (χ0v) is 13.0. The minimum Gasteiger partial charge on any atom is -0.398 e. The van der Waals surface area contributed by atoms with Gasteiger partial charge in [-0.15, -0.1) is 0 Å². The van der Waals surface area contributed by atoms with Crippen molar-refractivity contribution >= 4 is 28.3 Å². The van der Waals surface area contributed by atoms with Gasteiger partial charge in [0.15, 0.2) is 5.82 Å². The van der Waals surface area contributed by atoms with Crippen molar-refractivity contribution in [2.24, 2.45) is 0 Å². The summed E-state index contributed by atoms with van der Waals surface area (Å²) >= 11 is 2.20. The van der Waals surface area contributed by atoms with Crippen LogP contribution in [0.25, 0.3) is 11.5 Å². The second kappa shape index (κ2) is 5.80. The smallest absolute Gasteiger partial charge is 0.260 e. The molecule has 0 fully saturated rings. The number of aromatic nitrogens is 2. The fourth-order valence-electron chi connectivity index (χ4n) is 1.93. The Morgan fingerprint density at radius 2 is 1.90 bits per heavy atom. The molecule has 0 aliphatic rings. The first-order valence-electron chi connectivity index (χ1n) is 6.24. The topological polar surface area (TPSA) is 64.9 Å². The number of rotatable bonds is 3. The molecule has 2 N–H and O–H groups in total. The van der Waals surface area contributed by atoms with Crippen molar-refractivity contribution < 1.29 is 8.91 Å². The van der Waals surface area contributed by atoms with Gasteiger partial charge in [0, 0.05) is 15.7 Å². The van der Waals surface area contributed by atoms with Gasteiger partial charge in [0.2, 0.25) is 0 Å². The van der Waals surface area contributed by atoms with Crippen LogP contribution in [-0.4, -0.2) is 10.1 Å². The highest BCUT2D eigenvalue weighted by Gasteiger charge is 2.12. The molecule has 0 unspecified atom stereocenters. The van der Waals surface area contributed by atoms with Crippen molar-refractivity contribution in [3.63, 3.8) is 0 Å². The van der Waals surface area contributed by atoms with Gasteiger partial charge in [0.05, 0.1) is 5.56 Å². The van der Waals surface area contributed by atoms with E-state index in [1.807, 2.05) is 12.1 Å². The summed E-state index contributed by atoms with van der Waals surface area (Å²) in [6.07, 6.45) is 0.480. The number of nitrogens with two attached hydrogens (primary N) is 1. The summed E-state index contributed by atoms with van der Waals surface area (Å²) in [5, 5.41) is 3.94. The average molecular weight is 395 g/mol. The number of anilines is 1. The van der Waals surface area contributed by atoms with Crippen molar-refractivity contribution in [3.8, 4) is 11.5 Å². The van der Waals surface area contributed by atoms with Crippen LogP contribution in [0.4, 0.5) is 10.1 Å². The maximum absolute atomic E-state index is 12.9. The van der Waals surface area contributed by atoms with E-state index >= 15 is 0 Å². The van der Waals surface area contributed by atoms with Gasteiger partial charge >= 0.3 is 0 Å². The van der Waals surface area contributed by atoms with E-state index < -0.39 is 0 Å². The minimum absolute atomic E-state index is 0.265. The largest absolute Gasteiger partial charge is 0.398 e. The van der Waals surface area contributed by atoms with E-state index in [1.165, 1.54) is 12.1 Å². The molecule has 3 rings (SSSR count). The van der Waals surface area contributed by atoms with E-state index in [9.17, 15) is 4.39 Å². The second-order valence-corrected chi connectivity index (χ2v) is 5.80. The molecule has 0 amide bonds. The Morgan fingerprint density at radius 3 is 2.67 bits per heavy atom. The quantitative estimate of drug-likeness (QED) is 0.543. The number of hydrogen-bond donors (Lipinski definition) is 1. The van der Waals surface area contributed by atoms with E-state index in [0.717, 1.165) is 14.7 Å². The third-order valence-corrected chi connectivity index (χ3v) is 3.66. The predicted molar refractivity (Wildman–Crippen MR) is 86.1 cm³/mol.